The Bertz CT molecular complexity index is 1030. The molecule has 6 nitrogen and oxygen atoms in total. The van der Waals surface area contributed by atoms with E-state index in [-0.39, 0.29) is 11.8 Å². The van der Waals surface area contributed by atoms with Gasteiger partial charge in [-0.25, -0.2) is 0 Å². The number of rotatable bonds is 4. The molecule has 0 unspecified atom stereocenters. The van der Waals surface area contributed by atoms with Gasteiger partial charge in [0.15, 0.2) is 0 Å². The van der Waals surface area contributed by atoms with Crippen LogP contribution in [0.5, 0.6) is 0 Å². The van der Waals surface area contributed by atoms with Gasteiger partial charge in [0.25, 0.3) is 11.8 Å². The number of benzene rings is 2. The predicted molar refractivity (Wildman–Crippen MR) is 122 cm³/mol. The molecule has 0 bridgehead atoms. The van der Waals surface area contributed by atoms with Crippen molar-refractivity contribution in [1.29, 1.82) is 0 Å². The Morgan fingerprint density at radius 3 is 2.30 bits per heavy atom. The maximum atomic E-state index is 12.7. The molecule has 1 aliphatic heterocycles. The van der Waals surface area contributed by atoms with Crippen molar-refractivity contribution in [2.24, 2.45) is 0 Å². The van der Waals surface area contributed by atoms with E-state index in [1.807, 2.05) is 36.4 Å². The van der Waals surface area contributed by atoms with Crippen LogP contribution in [0.25, 0.3) is 11.1 Å². The summed E-state index contributed by atoms with van der Waals surface area (Å²) in [5.74, 6) is -0.716. The maximum Gasteiger partial charge on any atom is 0.279 e. The summed E-state index contributed by atoms with van der Waals surface area (Å²) in [6, 6.07) is 18.8. The second-order valence-electron chi connectivity index (χ2n) is 6.71. The largest absolute Gasteiger partial charge is 0.378 e. The Kier molecular flexibility index (Phi) is 6.47. The Labute approximate surface area is 187 Å². The number of morpholine rings is 1. The number of ether oxygens (including phenoxy) is 1. The zero-order chi connectivity index (χ0) is 20.9. The van der Waals surface area contributed by atoms with E-state index in [2.05, 4.69) is 31.7 Å². The van der Waals surface area contributed by atoms with Crippen LogP contribution in [0.15, 0.2) is 65.1 Å². The van der Waals surface area contributed by atoms with Gasteiger partial charge in [-0.1, -0.05) is 46.3 Å². The van der Waals surface area contributed by atoms with E-state index in [4.69, 9.17) is 4.74 Å². The van der Waals surface area contributed by atoms with Gasteiger partial charge >= 0.3 is 0 Å². The molecule has 1 aromatic heterocycles. The second-order valence-corrected chi connectivity index (χ2v) is 8.66. The first-order chi connectivity index (χ1) is 14.6. The van der Waals surface area contributed by atoms with Crippen molar-refractivity contribution >= 4 is 44.1 Å². The quantitative estimate of drug-likeness (QED) is 0.546. The molecule has 0 radical (unpaired) electrons. The highest BCUT2D eigenvalue weighted by Crippen LogP contribution is 2.39. The number of hydrogen-bond donors (Lipinski definition) is 2. The maximum absolute atomic E-state index is 12.7. The molecule has 4 rings (SSSR count). The van der Waals surface area contributed by atoms with E-state index in [9.17, 15) is 9.59 Å². The van der Waals surface area contributed by atoms with Gasteiger partial charge in [0, 0.05) is 28.7 Å². The fourth-order valence-corrected chi connectivity index (χ4v) is 4.56. The lowest BCUT2D eigenvalue weighted by Crippen LogP contribution is -2.41. The molecule has 0 atom stereocenters. The lowest BCUT2D eigenvalue weighted by Gasteiger charge is -2.28. The van der Waals surface area contributed by atoms with Crippen LogP contribution in [0.2, 0.25) is 0 Å². The van der Waals surface area contributed by atoms with Gasteiger partial charge < -0.3 is 9.64 Å². The van der Waals surface area contributed by atoms with Crippen LogP contribution < -0.4 is 15.8 Å². The first-order valence-electron chi connectivity index (χ1n) is 9.50. The molecular weight excluding hydrogens is 466 g/mol. The average molecular weight is 486 g/mol. The Hall–Kier alpha value is -2.68. The third-order valence-corrected chi connectivity index (χ3v) is 6.44. The number of halogens is 1. The van der Waals surface area contributed by atoms with Crippen LogP contribution in [0.1, 0.15) is 20.0 Å². The van der Waals surface area contributed by atoms with Crippen molar-refractivity contribution in [1.82, 2.24) is 10.9 Å². The fraction of sp³-hybridized carbons (Fsp3) is 0.182. The van der Waals surface area contributed by atoms with Crippen LogP contribution >= 0.6 is 27.3 Å². The van der Waals surface area contributed by atoms with E-state index in [0.717, 1.165) is 33.7 Å². The molecule has 8 heteroatoms. The molecule has 0 spiro atoms. The summed E-state index contributed by atoms with van der Waals surface area (Å²) in [6.45, 7) is 2.89. The minimum Gasteiger partial charge on any atom is -0.378 e. The van der Waals surface area contributed by atoms with E-state index in [1.165, 1.54) is 11.3 Å². The molecular formula is C22H20BrN3O3S. The second kappa shape index (κ2) is 9.42. The summed E-state index contributed by atoms with van der Waals surface area (Å²) >= 11 is 4.76. The standard InChI is InChI=1S/C22H20BrN3O3S/c23-17-8-6-16(7-9-17)20(27)24-25-21(28)19-14-18(15-4-2-1-3-5-15)22(30-19)26-10-12-29-13-11-26/h1-9,14H,10-13H2,(H,24,27)(H,25,28). The highest BCUT2D eigenvalue weighted by atomic mass is 79.9. The van der Waals surface area contributed by atoms with Crippen molar-refractivity contribution in [2.45, 2.75) is 0 Å². The summed E-state index contributed by atoms with van der Waals surface area (Å²) in [5, 5.41) is 1.04. The van der Waals surface area contributed by atoms with E-state index >= 15 is 0 Å². The summed E-state index contributed by atoms with van der Waals surface area (Å²) in [4.78, 5) is 27.8. The Morgan fingerprint density at radius 1 is 0.933 bits per heavy atom. The first-order valence-corrected chi connectivity index (χ1v) is 11.1. The van der Waals surface area contributed by atoms with Crippen molar-refractivity contribution in [3.05, 3.63) is 75.6 Å². The third kappa shape index (κ3) is 4.72. The van der Waals surface area contributed by atoms with Gasteiger partial charge in [-0.05, 0) is 35.9 Å². The normalized spacial score (nSPS) is 13.7. The van der Waals surface area contributed by atoms with Crippen molar-refractivity contribution in [2.75, 3.05) is 31.2 Å². The molecule has 1 fully saturated rings. The molecule has 30 heavy (non-hydrogen) atoms. The summed E-state index contributed by atoms with van der Waals surface area (Å²) in [7, 11) is 0. The number of anilines is 1. The molecule has 154 valence electrons. The van der Waals surface area contributed by atoms with Crippen LogP contribution in [-0.2, 0) is 4.74 Å². The number of carbonyl (C=O) groups excluding carboxylic acids is 2. The first kappa shape index (κ1) is 20.6. The molecule has 1 aliphatic rings. The van der Waals surface area contributed by atoms with Gasteiger partial charge in [-0.2, -0.15) is 0 Å². The van der Waals surface area contributed by atoms with Gasteiger partial charge in [-0.3, -0.25) is 20.4 Å². The molecule has 2 amide bonds. The van der Waals surface area contributed by atoms with E-state index < -0.39 is 0 Å². The molecule has 2 aromatic carbocycles. The van der Waals surface area contributed by atoms with Crippen molar-refractivity contribution in [3.8, 4) is 11.1 Å². The zero-order valence-corrected chi connectivity index (χ0v) is 18.5. The SMILES string of the molecule is O=C(NNC(=O)c1cc(-c2ccccc2)c(N2CCOCC2)s1)c1ccc(Br)cc1. The molecule has 0 saturated carbocycles. The number of carbonyl (C=O) groups is 2. The van der Waals surface area contributed by atoms with Crippen LogP contribution in [-0.4, -0.2) is 38.1 Å². The Balaban J connectivity index is 1.53. The van der Waals surface area contributed by atoms with E-state index in [1.54, 1.807) is 24.3 Å². The average Bonchev–Trinajstić information content (AvgIpc) is 3.24. The molecule has 2 N–H and O–H groups in total. The van der Waals surface area contributed by atoms with E-state index in [0.29, 0.717) is 23.7 Å². The van der Waals surface area contributed by atoms with Crippen LogP contribution in [0, 0.1) is 0 Å². The number of nitrogens with zero attached hydrogens (tertiary/aromatic N) is 1. The number of nitrogens with one attached hydrogen (secondary N) is 2. The number of hydrogen-bond acceptors (Lipinski definition) is 5. The monoisotopic (exact) mass is 485 g/mol. The minimum absolute atomic E-state index is 0.345. The number of amides is 2. The Morgan fingerprint density at radius 2 is 1.60 bits per heavy atom. The number of thiophene rings is 1. The highest BCUT2D eigenvalue weighted by molar-refractivity contribution is 9.10. The highest BCUT2D eigenvalue weighted by Gasteiger charge is 2.22. The zero-order valence-electron chi connectivity index (χ0n) is 16.1. The molecule has 2 heterocycles. The fourth-order valence-electron chi connectivity index (χ4n) is 3.17. The van der Waals surface area contributed by atoms with Gasteiger partial charge in [0.1, 0.15) is 0 Å². The topological polar surface area (TPSA) is 70.7 Å². The van der Waals surface area contributed by atoms with Gasteiger partial charge in [-0.15, -0.1) is 11.3 Å². The lowest BCUT2D eigenvalue weighted by atomic mass is 10.1. The molecule has 0 aliphatic carbocycles. The smallest absolute Gasteiger partial charge is 0.279 e. The predicted octanol–water partition coefficient (Wildman–Crippen LogP) is 4.09. The van der Waals surface area contributed by atoms with Crippen molar-refractivity contribution in [3.63, 3.8) is 0 Å². The molecule has 1 saturated heterocycles. The summed E-state index contributed by atoms with van der Waals surface area (Å²) in [5.41, 5.74) is 7.53. The van der Waals surface area contributed by atoms with Crippen LogP contribution in [0.4, 0.5) is 5.00 Å². The number of hydrazine groups is 1. The third-order valence-electron chi connectivity index (χ3n) is 4.72. The lowest BCUT2D eigenvalue weighted by molar-refractivity contribution is 0.0849. The molecule has 3 aromatic rings. The van der Waals surface area contributed by atoms with Gasteiger partial charge in [0.2, 0.25) is 0 Å². The van der Waals surface area contributed by atoms with Crippen LogP contribution in [0.3, 0.4) is 0 Å². The minimum atomic E-state index is -0.371. The van der Waals surface area contributed by atoms with Crippen molar-refractivity contribution < 1.29 is 14.3 Å². The summed E-state index contributed by atoms with van der Waals surface area (Å²) < 4.78 is 6.35. The van der Waals surface area contributed by atoms with Gasteiger partial charge in [0.05, 0.1) is 23.1 Å². The summed E-state index contributed by atoms with van der Waals surface area (Å²) in [6.07, 6.45) is 0.